The normalized spacial score (nSPS) is 21.5. The molecule has 7 heteroatoms. The van der Waals surface area contributed by atoms with Crippen LogP contribution >= 0.6 is 0 Å². The molecule has 2 fully saturated rings. The third-order valence-corrected chi connectivity index (χ3v) is 4.36. The number of rotatable bonds is 2. The quantitative estimate of drug-likeness (QED) is 0.845. The second kappa shape index (κ2) is 5.07. The minimum absolute atomic E-state index is 0.0615. The molecule has 1 aliphatic heterocycles. The van der Waals surface area contributed by atoms with E-state index < -0.39 is 5.54 Å². The molecule has 120 valence electrons. The third kappa shape index (κ3) is 2.48. The van der Waals surface area contributed by atoms with E-state index in [0.717, 1.165) is 19.3 Å². The van der Waals surface area contributed by atoms with Crippen molar-refractivity contribution < 1.29 is 14.1 Å². The topological polar surface area (TPSA) is 88.3 Å². The van der Waals surface area contributed by atoms with Crippen LogP contribution in [0, 0.1) is 0 Å². The van der Waals surface area contributed by atoms with Crippen molar-refractivity contribution in [3.05, 3.63) is 11.7 Å². The van der Waals surface area contributed by atoms with Crippen LogP contribution in [0.15, 0.2) is 4.52 Å². The molecule has 2 aliphatic rings. The molecule has 1 saturated carbocycles. The Balaban J connectivity index is 1.76. The molecule has 1 saturated heterocycles. The zero-order valence-corrected chi connectivity index (χ0v) is 13.3. The van der Waals surface area contributed by atoms with Gasteiger partial charge in [0.1, 0.15) is 5.54 Å². The van der Waals surface area contributed by atoms with Gasteiger partial charge in [0.05, 0.1) is 6.54 Å². The first-order valence-corrected chi connectivity index (χ1v) is 7.79. The van der Waals surface area contributed by atoms with E-state index in [1.165, 1.54) is 4.90 Å². The lowest BCUT2D eigenvalue weighted by Gasteiger charge is -2.30. The molecular formula is C15H22N4O3. The highest BCUT2D eigenvalue weighted by Gasteiger charge is 2.51. The molecule has 1 aliphatic carbocycles. The lowest BCUT2D eigenvalue weighted by atomic mass is 9.82. The van der Waals surface area contributed by atoms with Crippen LogP contribution in [0.4, 0.5) is 4.79 Å². The molecule has 2 heterocycles. The van der Waals surface area contributed by atoms with Gasteiger partial charge in [0.2, 0.25) is 5.89 Å². The Morgan fingerprint density at radius 3 is 2.50 bits per heavy atom. The number of imide groups is 1. The number of amides is 3. The lowest BCUT2D eigenvalue weighted by Crippen LogP contribution is -2.48. The Labute approximate surface area is 129 Å². The Bertz CT molecular complexity index is 596. The van der Waals surface area contributed by atoms with E-state index in [2.05, 4.69) is 15.5 Å². The molecule has 0 bridgehead atoms. The van der Waals surface area contributed by atoms with Crippen LogP contribution < -0.4 is 5.32 Å². The van der Waals surface area contributed by atoms with Crippen molar-refractivity contribution in [3.8, 4) is 0 Å². The number of nitrogens with one attached hydrogen (secondary N) is 1. The van der Waals surface area contributed by atoms with Gasteiger partial charge >= 0.3 is 6.03 Å². The van der Waals surface area contributed by atoms with Crippen molar-refractivity contribution in [2.45, 2.75) is 70.4 Å². The van der Waals surface area contributed by atoms with Gasteiger partial charge in [0, 0.05) is 5.41 Å². The van der Waals surface area contributed by atoms with Gasteiger partial charge < -0.3 is 9.84 Å². The molecule has 3 rings (SSSR count). The summed E-state index contributed by atoms with van der Waals surface area (Å²) in [6.45, 7) is 5.96. The molecular weight excluding hydrogens is 284 g/mol. The highest BCUT2D eigenvalue weighted by Crippen LogP contribution is 2.34. The van der Waals surface area contributed by atoms with Crippen LogP contribution in [-0.2, 0) is 16.8 Å². The average Bonchev–Trinajstić information content (AvgIpc) is 3.00. The molecule has 1 aromatic rings. The number of nitrogens with zero attached hydrogens (tertiary/aromatic N) is 3. The fourth-order valence-corrected chi connectivity index (χ4v) is 3.08. The van der Waals surface area contributed by atoms with Crippen LogP contribution in [0.3, 0.4) is 0 Å². The number of carbonyl (C=O) groups excluding carboxylic acids is 2. The van der Waals surface area contributed by atoms with Gasteiger partial charge in [0.15, 0.2) is 5.82 Å². The smallest absolute Gasteiger partial charge is 0.325 e. The average molecular weight is 306 g/mol. The summed E-state index contributed by atoms with van der Waals surface area (Å²) < 4.78 is 5.22. The summed E-state index contributed by atoms with van der Waals surface area (Å²) in [4.78, 5) is 30.3. The lowest BCUT2D eigenvalue weighted by molar-refractivity contribution is -0.132. The maximum absolute atomic E-state index is 12.7. The number of urea groups is 1. The Morgan fingerprint density at radius 2 is 1.91 bits per heavy atom. The maximum atomic E-state index is 12.7. The van der Waals surface area contributed by atoms with Crippen molar-refractivity contribution in [3.63, 3.8) is 0 Å². The van der Waals surface area contributed by atoms with Crippen molar-refractivity contribution in [1.82, 2.24) is 20.4 Å². The van der Waals surface area contributed by atoms with Gasteiger partial charge in [-0.3, -0.25) is 9.69 Å². The van der Waals surface area contributed by atoms with E-state index in [9.17, 15) is 9.59 Å². The van der Waals surface area contributed by atoms with E-state index in [1.807, 2.05) is 20.8 Å². The van der Waals surface area contributed by atoms with Crippen LogP contribution in [0.1, 0.15) is 64.6 Å². The highest BCUT2D eigenvalue weighted by molar-refractivity contribution is 6.06. The van der Waals surface area contributed by atoms with Gasteiger partial charge in [-0.25, -0.2) is 4.79 Å². The monoisotopic (exact) mass is 306 g/mol. The third-order valence-electron chi connectivity index (χ3n) is 4.36. The van der Waals surface area contributed by atoms with E-state index in [-0.39, 0.29) is 23.9 Å². The summed E-state index contributed by atoms with van der Waals surface area (Å²) in [7, 11) is 0. The number of hydrogen-bond donors (Lipinski definition) is 1. The summed E-state index contributed by atoms with van der Waals surface area (Å²) in [6.07, 6.45) is 4.48. The van der Waals surface area contributed by atoms with Crippen molar-refractivity contribution >= 4 is 11.9 Å². The summed E-state index contributed by atoms with van der Waals surface area (Å²) >= 11 is 0. The summed E-state index contributed by atoms with van der Waals surface area (Å²) in [5, 5.41) is 6.77. The Kier molecular flexibility index (Phi) is 3.45. The zero-order chi connectivity index (χ0) is 16.0. The standard InChI is InChI=1S/C15H22N4O3/c1-14(2,3)11-16-10(18-22-11)9-19-12(20)15(17-13(19)21)7-5-4-6-8-15/h4-9H2,1-3H3,(H,17,21). The SMILES string of the molecule is CC(C)(C)c1nc(CN2C(=O)NC3(CCCCC3)C2=O)no1. The molecule has 1 aromatic heterocycles. The van der Waals surface area contributed by atoms with Crippen LogP contribution in [0.5, 0.6) is 0 Å². The first kappa shape index (κ1) is 15.0. The van der Waals surface area contributed by atoms with Crippen LogP contribution in [0.25, 0.3) is 0 Å². The molecule has 3 amide bonds. The Morgan fingerprint density at radius 1 is 1.23 bits per heavy atom. The molecule has 7 nitrogen and oxygen atoms in total. The van der Waals surface area contributed by atoms with Crippen molar-refractivity contribution in [1.29, 1.82) is 0 Å². The minimum Gasteiger partial charge on any atom is -0.339 e. The van der Waals surface area contributed by atoms with Crippen molar-refractivity contribution in [2.75, 3.05) is 0 Å². The molecule has 22 heavy (non-hydrogen) atoms. The second-order valence-corrected chi connectivity index (χ2v) is 7.23. The molecule has 0 unspecified atom stereocenters. The molecule has 0 aromatic carbocycles. The first-order valence-electron chi connectivity index (χ1n) is 7.79. The van der Waals surface area contributed by atoms with Crippen LogP contribution in [-0.4, -0.2) is 32.5 Å². The maximum Gasteiger partial charge on any atom is 0.325 e. The number of carbonyl (C=O) groups is 2. The first-order chi connectivity index (χ1) is 10.3. The van der Waals surface area contributed by atoms with Gasteiger partial charge in [0.25, 0.3) is 5.91 Å². The van der Waals surface area contributed by atoms with E-state index in [0.29, 0.717) is 24.6 Å². The summed E-state index contributed by atoms with van der Waals surface area (Å²) in [5.41, 5.74) is -0.959. The number of aromatic nitrogens is 2. The van der Waals surface area contributed by atoms with E-state index in [1.54, 1.807) is 0 Å². The predicted molar refractivity (Wildman–Crippen MR) is 77.9 cm³/mol. The van der Waals surface area contributed by atoms with E-state index in [4.69, 9.17) is 4.52 Å². The Hall–Kier alpha value is -1.92. The fraction of sp³-hybridized carbons (Fsp3) is 0.733. The van der Waals surface area contributed by atoms with Gasteiger partial charge in [-0.1, -0.05) is 45.2 Å². The number of hydrogen-bond acceptors (Lipinski definition) is 5. The molecule has 1 N–H and O–H groups in total. The van der Waals surface area contributed by atoms with Crippen molar-refractivity contribution in [2.24, 2.45) is 0 Å². The fourth-order valence-electron chi connectivity index (χ4n) is 3.08. The van der Waals surface area contributed by atoms with E-state index >= 15 is 0 Å². The second-order valence-electron chi connectivity index (χ2n) is 7.23. The highest BCUT2D eigenvalue weighted by atomic mass is 16.5. The van der Waals surface area contributed by atoms with Gasteiger partial charge in [-0.15, -0.1) is 0 Å². The minimum atomic E-state index is -0.702. The van der Waals surface area contributed by atoms with Crippen LogP contribution in [0.2, 0.25) is 0 Å². The molecule has 0 radical (unpaired) electrons. The molecule has 1 spiro atoms. The summed E-state index contributed by atoms with van der Waals surface area (Å²) in [5.74, 6) is 0.711. The summed E-state index contributed by atoms with van der Waals surface area (Å²) in [6, 6.07) is -0.353. The molecule has 0 atom stereocenters. The predicted octanol–water partition coefficient (Wildman–Crippen LogP) is 2.12. The van der Waals surface area contributed by atoms with Gasteiger partial charge in [-0.05, 0) is 12.8 Å². The van der Waals surface area contributed by atoms with Gasteiger partial charge in [-0.2, -0.15) is 4.98 Å². The largest absolute Gasteiger partial charge is 0.339 e. The zero-order valence-electron chi connectivity index (χ0n) is 13.3.